The van der Waals surface area contributed by atoms with Gasteiger partial charge in [0.15, 0.2) is 0 Å². The Labute approximate surface area is 161 Å². The van der Waals surface area contributed by atoms with Crippen LogP contribution in [0.15, 0.2) is 40.8 Å². The quantitative estimate of drug-likeness (QED) is 0.577. The van der Waals surface area contributed by atoms with Crippen molar-refractivity contribution in [2.24, 2.45) is 0 Å². The highest BCUT2D eigenvalue weighted by molar-refractivity contribution is 7.17. The number of benzene rings is 1. The molecule has 0 N–H and O–H groups in total. The molecule has 7 heteroatoms. The lowest BCUT2D eigenvalue weighted by atomic mass is 10.1. The van der Waals surface area contributed by atoms with E-state index in [9.17, 15) is 9.59 Å². The summed E-state index contributed by atoms with van der Waals surface area (Å²) in [4.78, 5) is 30.0. The molecule has 0 aliphatic heterocycles. The smallest absolute Gasteiger partial charge is 0.326 e. The standard InChI is InChI=1S/C20H22N2O4S/c1-4-13(3)26-17(23)10-22-12-21-19-18(20(22)24)16(11-27-19)14-6-8-15(9-7-14)25-5-2/h6-9,11-13H,4-5,10H2,1-3H3/t13-/m1/s1. The molecule has 0 saturated heterocycles. The highest BCUT2D eigenvalue weighted by Crippen LogP contribution is 2.31. The van der Waals surface area contributed by atoms with E-state index in [-0.39, 0.29) is 18.2 Å². The zero-order chi connectivity index (χ0) is 19.4. The molecule has 2 heterocycles. The van der Waals surface area contributed by atoms with E-state index in [0.717, 1.165) is 23.3 Å². The number of hydrogen-bond donors (Lipinski definition) is 0. The van der Waals surface area contributed by atoms with Gasteiger partial charge < -0.3 is 9.47 Å². The maximum Gasteiger partial charge on any atom is 0.326 e. The van der Waals surface area contributed by atoms with E-state index in [1.807, 2.05) is 50.4 Å². The molecule has 0 fully saturated rings. The largest absolute Gasteiger partial charge is 0.494 e. The maximum absolute atomic E-state index is 12.9. The van der Waals surface area contributed by atoms with Crippen molar-refractivity contribution in [3.05, 3.63) is 46.3 Å². The third-order valence-electron chi connectivity index (χ3n) is 4.24. The first-order chi connectivity index (χ1) is 13.0. The predicted molar refractivity (Wildman–Crippen MR) is 106 cm³/mol. The van der Waals surface area contributed by atoms with Gasteiger partial charge in [-0.1, -0.05) is 19.1 Å². The third-order valence-corrected chi connectivity index (χ3v) is 5.13. The minimum atomic E-state index is -0.439. The van der Waals surface area contributed by atoms with Crippen molar-refractivity contribution < 1.29 is 14.3 Å². The number of carbonyl (C=O) groups is 1. The number of aromatic nitrogens is 2. The van der Waals surface area contributed by atoms with Gasteiger partial charge in [-0.2, -0.15) is 0 Å². The van der Waals surface area contributed by atoms with Crippen LogP contribution in [0.1, 0.15) is 27.2 Å². The Balaban J connectivity index is 1.94. The van der Waals surface area contributed by atoms with Crippen LogP contribution in [0.5, 0.6) is 5.75 Å². The van der Waals surface area contributed by atoms with E-state index >= 15 is 0 Å². The SMILES string of the molecule is CCOc1ccc(-c2csc3ncn(CC(=O)O[C@H](C)CC)c(=O)c23)cc1. The number of rotatable bonds is 7. The Hall–Kier alpha value is -2.67. The molecule has 0 aliphatic rings. The normalized spacial score (nSPS) is 12.1. The van der Waals surface area contributed by atoms with Crippen LogP contribution in [0.4, 0.5) is 0 Å². The first kappa shape index (κ1) is 19.1. The number of ether oxygens (including phenoxy) is 2. The fourth-order valence-electron chi connectivity index (χ4n) is 2.67. The Morgan fingerprint density at radius 3 is 2.67 bits per heavy atom. The minimum absolute atomic E-state index is 0.148. The summed E-state index contributed by atoms with van der Waals surface area (Å²) in [6.07, 6.45) is 1.95. The molecule has 0 spiro atoms. The fourth-order valence-corrected chi connectivity index (χ4v) is 3.58. The van der Waals surface area contributed by atoms with Crippen LogP contribution in [0.2, 0.25) is 0 Å². The summed E-state index contributed by atoms with van der Waals surface area (Å²) < 4.78 is 12.0. The lowest BCUT2D eigenvalue weighted by Gasteiger charge is -2.11. The van der Waals surface area contributed by atoms with Crippen LogP contribution < -0.4 is 10.3 Å². The zero-order valence-electron chi connectivity index (χ0n) is 15.6. The van der Waals surface area contributed by atoms with Crippen molar-refractivity contribution in [2.45, 2.75) is 39.8 Å². The highest BCUT2D eigenvalue weighted by Gasteiger charge is 2.16. The summed E-state index contributed by atoms with van der Waals surface area (Å²) in [5, 5.41) is 2.43. The van der Waals surface area contributed by atoms with Crippen LogP contribution in [-0.2, 0) is 16.1 Å². The number of thiophene rings is 1. The Bertz CT molecular complexity index is 991. The highest BCUT2D eigenvalue weighted by atomic mass is 32.1. The van der Waals surface area contributed by atoms with E-state index in [0.29, 0.717) is 16.8 Å². The molecule has 0 aliphatic carbocycles. The van der Waals surface area contributed by atoms with Crippen LogP contribution in [0.3, 0.4) is 0 Å². The summed E-state index contributed by atoms with van der Waals surface area (Å²) in [6.45, 7) is 6.14. The molecule has 1 atom stereocenters. The molecule has 0 bridgehead atoms. The van der Waals surface area contributed by atoms with Gasteiger partial charge in [-0.25, -0.2) is 4.98 Å². The zero-order valence-corrected chi connectivity index (χ0v) is 16.4. The first-order valence-corrected chi connectivity index (χ1v) is 9.80. The molecule has 1 aromatic carbocycles. The van der Waals surface area contributed by atoms with Crippen molar-refractivity contribution >= 4 is 27.5 Å². The van der Waals surface area contributed by atoms with Crippen molar-refractivity contribution in [1.82, 2.24) is 9.55 Å². The molecular weight excluding hydrogens is 364 g/mol. The lowest BCUT2D eigenvalue weighted by Crippen LogP contribution is -2.27. The van der Waals surface area contributed by atoms with Gasteiger partial charge in [0, 0.05) is 10.9 Å². The number of nitrogens with zero attached hydrogens (tertiary/aromatic N) is 2. The lowest BCUT2D eigenvalue weighted by molar-refractivity contribution is -0.149. The second-order valence-corrected chi connectivity index (χ2v) is 7.03. The van der Waals surface area contributed by atoms with Crippen LogP contribution >= 0.6 is 11.3 Å². The van der Waals surface area contributed by atoms with Gasteiger partial charge in [0.2, 0.25) is 0 Å². The van der Waals surface area contributed by atoms with Crippen LogP contribution in [0.25, 0.3) is 21.3 Å². The molecule has 142 valence electrons. The topological polar surface area (TPSA) is 70.4 Å². The van der Waals surface area contributed by atoms with E-state index in [1.54, 1.807) is 0 Å². The maximum atomic E-state index is 12.9. The van der Waals surface area contributed by atoms with Gasteiger partial charge in [-0.3, -0.25) is 14.2 Å². The van der Waals surface area contributed by atoms with Crippen LogP contribution in [0, 0.1) is 0 Å². The van der Waals surface area contributed by atoms with Gasteiger partial charge in [0.25, 0.3) is 5.56 Å². The van der Waals surface area contributed by atoms with Crippen molar-refractivity contribution in [3.8, 4) is 16.9 Å². The summed E-state index contributed by atoms with van der Waals surface area (Å²) in [5.41, 5.74) is 1.47. The molecule has 3 aromatic rings. The summed E-state index contributed by atoms with van der Waals surface area (Å²) in [7, 11) is 0. The second kappa shape index (κ2) is 8.35. The molecule has 3 rings (SSSR count). The van der Waals surface area contributed by atoms with E-state index < -0.39 is 5.97 Å². The molecule has 0 unspecified atom stereocenters. The monoisotopic (exact) mass is 386 g/mol. The first-order valence-electron chi connectivity index (χ1n) is 8.92. The van der Waals surface area contributed by atoms with E-state index in [1.165, 1.54) is 22.2 Å². The Morgan fingerprint density at radius 1 is 1.26 bits per heavy atom. The minimum Gasteiger partial charge on any atom is -0.494 e. The molecule has 6 nitrogen and oxygen atoms in total. The number of esters is 1. The van der Waals surface area contributed by atoms with Gasteiger partial charge in [-0.05, 0) is 38.0 Å². The van der Waals surface area contributed by atoms with E-state index in [4.69, 9.17) is 9.47 Å². The van der Waals surface area contributed by atoms with Crippen molar-refractivity contribution in [1.29, 1.82) is 0 Å². The van der Waals surface area contributed by atoms with Gasteiger partial charge in [0.1, 0.15) is 17.1 Å². The van der Waals surface area contributed by atoms with Crippen LogP contribution in [-0.4, -0.2) is 28.2 Å². The number of carbonyl (C=O) groups excluding carboxylic acids is 1. The van der Waals surface area contributed by atoms with Crippen molar-refractivity contribution in [2.75, 3.05) is 6.61 Å². The van der Waals surface area contributed by atoms with Crippen molar-refractivity contribution in [3.63, 3.8) is 0 Å². The number of hydrogen-bond acceptors (Lipinski definition) is 6. The predicted octanol–water partition coefficient (Wildman–Crippen LogP) is 3.87. The molecule has 0 amide bonds. The van der Waals surface area contributed by atoms with Gasteiger partial charge in [0.05, 0.1) is 24.4 Å². The molecule has 2 aromatic heterocycles. The number of fused-ring (bicyclic) bond motifs is 1. The Morgan fingerprint density at radius 2 is 2.00 bits per heavy atom. The molecule has 0 saturated carbocycles. The van der Waals surface area contributed by atoms with E-state index in [2.05, 4.69) is 4.98 Å². The fraction of sp³-hybridized carbons (Fsp3) is 0.350. The van der Waals surface area contributed by atoms with Gasteiger partial charge in [-0.15, -0.1) is 11.3 Å². The summed E-state index contributed by atoms with van der Waals surface area (Å²) >= 11 is 1.41. The molecule has 0 radical (unpaired) electrons. The summed E-state index contributed by atoms with van der Waals surface area (Å²) in [5.74, 6) is 0.342. The Kier molecular flexibility index (Phi) is 5.91. The molecule has 27 heavy (non-hydrogen) atoms. The van der Waals surface area contributed by atoms with Gasteiger partial charge >= 0.3 is 5.97 Å². The third kappa shape index (κ3) is 4.19. The molecular formula is C20H22N2O4S. The average molecular weight is 386 g/mol. The average Bonchev–Trinajstić information content (AvgIpc) is 3.09. The summed E-state index contributed by atoms with van der Waals surface area (Å²) in [6, 6.07) is 7.59. The second-order valence-electron chi connectivity index (χ2n) is 6.17.